The van der Waals surface area contributed by atoms with Crippen LogP contribution >= 0.6 is 0 Å². The van der Waals surface area contributed by atoms with Gasteiger partial charge in [0.2, 0.25) is 0 Å². The van der Waals surface area contributed by atoms with Crippen molar-refractivity contribution in [2.75, 3.05) is 4.90 Å². The lowest BCUT2D eigenvalue weighted by atomic mass is 9.97. The van der Waals surface area contributed by atoms with Crippen LogP contribution in [0, 0.1) is 0 Å². The van der Waals surface area contributed by atoms with Gasteiger partial charge in [-0.15, -0.1) is 0 Å². The predicted molar refractivity (Wildman–Crippen MR) is 299 cm³/mol. The van der Waals surface area contributed by atoms with Crippen molar-refractivity contribution in [1.29, 1.82) is 0 Å². The van der Waals surface area contributed by atoms with Gasteiger partial charge in [0.05, 0.1) is 16.7 Å². The van der Waals surface area contributed by atoms with Gasteiger partial charge in [-0.05, 0) is 139 Å². The second kappa shape index (κ2) is 16.7. The van der Waals surface area contributed by atoms with E-state index in [4.69, 9.17) is 4.42 Å². The zero-order chi connectivity index (χ0) is 46.8. The van der Waals surface area contributed by atoms with Crippen LogP contribution < -0.4 is 4.90 Å². The van der Waals surface area contributed by atoms with E-state index in [0.29, 0.717) is 0 Å². The number of nitrogens with zero attached hydrogens (tertiary/aromatic N) is 2. The Kier molecular flexibility index (Phi) is 9.53. The van der Waals surface area contributed by atoms with E-state index in [1.807, 2.05) is 0 Å². The molecule has 2 heterocycles. The maximum atomic E-state index is 6.82. The summed E-state index contributed by atoms with van der Waals surface area (Å²) in [5.41, 5.74) is 17.9. The molecular weight excluding hydrogens is 861 g/mol. The van der Waals surface area contributed by atoms with Crippen molar-refractivity contribution in [1.82, 2.24) is 4.57 Å². The summed E-state index contributed by atoms with van der Waals surface area (Å²) in [7, 11) is 0. The SMILES string of the molecule is c1ccc(-n2c3ccccc3c3cc(-c4ccc(-c5ccc(-c6ccc(N(c7ccc(-c8ccc9ccccc9c8)cc7)c7cccc8c7oc7ccc9ccccc9c78)cc6)cc5)cc4)ccc32)cc1. The van der Waals surface area contributed by atoms with Crippen molar-refractivity contribution in [2.45, 2.75) is 0 Å². The minimum atomic E-state index is 0.860. The Balaban J connectivity index is 0.778. The molecule has 0 atom stereocenters. The van der Waals surface area contributed by atoms with E-state index in [0.717, 1.165) is 50.1 Å². The molecule has 0 N–H and O–H groups in total. The first-order valence-electron chi connectivity index (χ1n) is 24.3. The summed E-state index contributed by atoms with van der Waals surface area (Å²) >= 11 is 0. The van der Waals surface area contributed by atoms with Crippen LogP contribution in [0.4, 0.5) is 17.1 Å². The maximum Gasteiger partial charge on any atom is 0.159 e. The van der Waals surface area contributed by atoms with Gasteiger partial charge in [-0.25, -0.2) is 0 Å². The highest BCUT2D eigenvalue weighted by Gasteiger charge is 2.21. The van der Waals surface area contributed by atoms with Crippen LogP contribution in [0.3, 0.4) is 0 Å². The van der Waals surface area contributed by atoms with E-state index in [9.17, 15) is 0 Å². The molecule has 3 heteroatoms. The van der Waals surface area contributed by atoms with Crippen molar-refractivity contribution >= 4 is 82.4 Å². The molecule has 0 fully saturated rings. The summed E-state index contributed by atoms with van der Waals surface area (Å²) in [5, 5.41) is 9.62. The summed E-state index contributed by atoms with van der Waals surface area (Å²) in [6.07, 6.45) is 0. The van der Waals surface area contributed by atoms with Crippen LogP contribution in [-0.4, -0.2) is 4.57 Å². The highest BCUT2D eigenvalue weighted by molar-refractivity contribution is 6.21. The van der Waals surface area contributed by atoms with Crippen molar-refractivity contribution in [3.8, 4) is 50.2 Å². The fraction of sp³-hybridized carbons (Fsp3) is 0. The monoisotopic (exact) mass is 904 g/mol. The van der Waals surface area contributed by atoms with Gasteiger partial charge in [0.25, 0.3) is 0 Å². The molecule has 14 rings (SSSR count). The Bertz CT molecular complexity index is 4300. The molecule has 2 aromatic heterocycles. The average Bonchev–Trinajstić information content (AvgIpc) is 4.00. The van der Waals surface area contributed by atoms with Gasteiger partial charge in [0, 0.05) is 38.6 Å². The molecule has 12 aromatic carbocycles. The number of anilines is 3. The van der Waals surface area contributed by atoms with Gasteiger partial charge in [0.15, 0.2) is 5.58 Å². The molecule has 0 bridgehead atoms. The highest BCUT2D eigenvalue weighted by Crippen LogP contribution is 2.45. The van der Waals surface area contributed by atoms with Crippen LogP contribution in [0.1, 0.15) is 0 Å². The lowest BCUT2D eigenvalue weighted by Crippen LogP contribution is -2.10. The van der Waals surface area contributed by atoms with E-state index >= 15 is 0 Å². The number of para-hydroxylation sites is 3. The number of hydrogen-bond donors (Lipinski definition) is 0. The van der Waals surface area contributed by atoms with Crippen molar-refractivity contribution in [3.63, 3.8) is 0 Å². The first kappa shape index (κ1) is 40.6. The Morgan fingerprint density at radius 1 is 0.296 bits per heavy atom. The number of furan rings is 1. The molecule has 3 nitrogen and oxygen atoms in total. The zero-order valence-corrected chi connectivity index (χ0v) is 38.7. The molecule has 0 amide bonds. The summed E-state index contributed by atoms with van der Waals surface area (Å²) in [6, 6.07) is 96.5. The molecular formula is C68H44N2O. The first-order chi connectivity index (χ1) is 35.2. The van der Waals surface area contributed by atoms with Crippen LogP contribution in [-0.2, 0) is 0 Å². The summed E-state index contributed by atoms with van der Waals surface area (Å²) < 4.78 is 9.18. The van der Waals surface area contributed by atoms with Crippen LogP contribution in [0.2, 0.25) is 0 Å². The third kappa shape index (κ3) is 6.97. The van der Waals surface area contributed by atoms with E-state index in [2.05, 4.69) is 276 Å². The standard InChI is InChI=1S/C68H44N2O/c1-2-14-56(15-3-1)70-63-19-9-8-17-60(63)62-44-55(35-41-64(62)70)50-27-25-47(26-28-50)46-21-23-48(24-22-46)49-31-37-57(38-32-49)69(58-39-33-51(34-40-58)54-30-29-45-11-4-5-13-53(45)43-54)65-20-10-18-61-67-59-16-7-6-12-52(59)36-42-66(67)71-68(61)65/h1-44H. The average molecular weight is 905 g/mol. The second-order valence-electron chi connectivity index (χ2n) is 18.5. The minimum Gasteiger partial charge on any atom is -0.454 e. The smallest absolute Gasteiger partial charge is 0.159 e. The molecule has 0 spiro atoms. The summed E-state index contributed by atoms with van der Waals surface area (Å²) in [5.74, 6) is 0. The molecule has 14 aromatic rings. The van der Waals surface area contributed by atoms with E-state index < -0.39 is 0 Å². The van der Waals surface area contributed by atoms with Crippen molar-refractivity contribution < 1.29 is 4.42 Å². The Labute approximate surface area is 411 Å². The Morgan fingerprint density at radius 3 is 1.45 bits per heavy atom. The Morgan fingerprint density at radius 2 is 0.775 bits per heavy atom. The molecule has 71 heavy (non-hydrogen) atoms. The van der Waals surface area contributed by atoms with E-state index in [-0.39, 0.29) is 0 Å². The molecule has 0 unspecified atom stereocenters. The van der Waals surface area contributed by atoms with Gasteiger partial charge in [-0.2, -0.15) is 0 Å². The summed E-state index contributed by atoms with van der Waals surface area (Å²) in [4.78, 5) is 2.33. The van der Waals surface area contributed by atoms with Gasteiger partial charge in [-0.1, -0.05) is 194 Å². The molecule has 0 radical (unpaired) electrons. The lowest BCUT2D eigenvalue weighted by molar-refractivity contribution is 0.669. The van der Waals surface area contributed by atoms with Crippen LogP contribution in [0.15, 0.2) is 271 Å². The normalized spacial score (nSPS) is 11.7. The maximum absolute atomic E-state index is 6.82. The molecule has 0 aliphatic heterocycles. The summed E-state index contributed by atoms with van der Waals surface area (Å²) in [6.45, 7) is 0. The molecule has 0 aliphatic rings. The molecule has 0 saturated heterocycles. The zero-order valence-electron chi connectivity index (χ0n) is 38.7. The van der Waals surface area contributed by atoms with Crippen LogP contribution in [0.5, 0.6) is 0 Å². The third-order valence-electron chi connectivity index (χ3n) is 14.4. The predicted octanol–water partition coefficient (Wildman–Crippen LogP) is 19.1. The van der Waals surface area contributed by atoms with Gasteiger partial charge in [-0.3, -0.25) is 0 Å². The number of hydrogen-bond acceptors (Lipinski definition) is 2. The van der Waals surface area contributed by atoms with Gasteiger partial charge < -0.3 is 13.9 Å². The molecule has 332 valence electrons. The largest absolute Gasteiger partial charge is 0.454 e. The van der Waals surface area contributed by atoms with E-state index in [1.165, 1.54) is 82.4 Å². The fourth-order valence-corrected chi connectivity index (χ4v) is 10.8. The number of aromatic nitrogens is 1. The number of rotatable bonds is 8. The fourth-order valence-electron chi connectivity index (χ4n) is 10.8. The highest BCUT2D eigenvalue weighted by atomic mass is 16.3. The first-order valence-corrected chi connectivity index (χ1v) is 24.3. The Hall–Kier alpha value is -9.44. The third-order valence-corrected chi connectivity index (χ3v) is 14.4. The van der Waals surface area contributed by atoms with Crippen molar-refractivity contribution in [2.24, 2.45) is 0 Å². The molecule has 0 aliphatic carbocycles. The van der Waals surface area contributed by atoms with Crippen LogP contribution in [0.25, 0.3) is 115 Å². The molecule has 0 saturated carbocycles. The second-order valence-corrected chi connectivity index (χ2v) is 18.5. The number of fused-ring (bicyclic) bond motifs is 9. The van der Waals surface area contributed by atoms with E-state index in [1.54, 1.807) is 0 Å². The quantitative estimate of drug-likeness (QED) is 0.151. The number of benzene rings is 12. The minimum absolute atomic E-state index is 0.860. The lowest BCUT2D eigenvalue weighted by Gasteiger charge is -2.26. The van der Waals surface area contributed by atoms with Gasteiger partial charge >= 0.3 is 0 Å². The van der Waals surface area contributed by atoms with Gasteiger partial charge in [0.1, 0.15) is 5.58 Å². The topological polar surface area (TPSA) is 21.3 Å². The van der Waals surface area contributed by atoms with Crippen molar-refractivity contribution in [3.05, 3.63) is 267 Å².